The highest BCUT2D eigenvalue weighted by Gasteiger charge is 2.62. The second-order valence-corrected chi connectivity index (χ2v) is 5.67. The first-order valence-electron chi connectivity index (χ1n) is 7.71. The van der Waals surface area contributed by atoms with Crippen molar-refractivity contribution in [1.29, 1.82) is 0 Å². The van der Waals surface area contributed by atoms with Crippen LogP contribution in [-0.2, 0) is 15.1 Å². The molecule has 2 amide bonds. The maximum Gasteiger partial charge on any atom is 0.432 e. The summed E-state index contributed by atoms with van der Waals surface area (Å²) in [5.41, 5.74) is -3.57. The van der Waals surface area contributed by atoms with Crippen LogP contribution in [0.4, 0.5) is 29.3 Å². The zero-order valence-corrected chi connectivity index (χ0v) is 14.4. The Morgan fingerprint density at radius 3 is 2.19 bits per heavy atom. The largest absolute Gasteiger partial charge is 0.466 e. The molecule has 0 unspecified atom stereocenters. The summed E-state index contributed by atoms with van der Waals surface area (Å²) in [6.45, 7) is 1.43. The van der Waals surface area contributed by atoms with Gasteiger partial charge < -0.3 is 20.5 Å². The summed E-state index contributed by atoms with van der Waals surface area (Å²) < 4.78 is 44.0. The highest BCUT2D eigenvalue weighted by atomic mass is 19.4. The van der Waals surface area contributed by atoms with Crippen molar-refractivity contribution in [2.75, 3.05) is 17.7 Å². The van der Waals surface area contributed by atoms with Crippen LogP contribution < -0.4 is 10.6 Å². The maximum absolute atomic E-state index is 13.3. The maximum atomic E-state index is 13.3. The highest BCUT2D eigenvalue weighted by molar-refractivity contribution is 6.00. The van der Waals surface area contributed by atoms with Crippen LogP contribution >= 0.6 is 0 Å². The first-order valence-corrected chi connectivity index (χ1v) is 7.71. The van der Waals surface area contributed by atoms with Crippen LogP contribution in [0.25, 0.3) is 0 Å². The standard InChI is InChI=1S/C18H17F3N2O4/c1-11-10-12(17(26,15(24)27-2)18(19,20)21)8-9-14(11)23-16(25)22-13-6-4-3-5-7-13/h3-10,26H,1-2H3,(H2,22,23,25)/t17-/m0/s1. The van der Waals surface area contributed by atoms with E-state index >= 15 is 0 Å². The number of aliphatic hydroxyl groups is 1. The molecule has 0 fully saturated rings. The molecule has 144 valence electrons. The molecule has 6 nitrogen and oxygen atoms in total. The molecule has 0 heterocycles. The summed E-state index contributed by atoms with van der Waals surface area (Å²) in [5, 5.41) is 15.0. The predicted octanol–water partition coefficient (Wildman–Crippen LogP) is 3.56. The summed E-state index contributed by atoms with van der Waals surface area (Å²) in [6.07, 6.45) is -5.29. The van der Waals surface area contributed by atoms with Crippen molar-refractivity contribution in [3.8, 4) is 0 Å². The van der Waals surface area contributed by atoms with Crippen molar-refractivity contribution in [2.45, 2.75) is 18.7 Å². The molecule has 0 aliphatic rings. The summed E-state index contributed by atoms with van der Waals surface area (Å²) in [7, 11) is 0.746. The van der Waals surface area contributed by atoms with E-state index in [1.165, 1.54) is 6.92 Å². The van der Waals surface area contributed by atoms with Gasteiger partial charge in [0.1, 0.15) is 0 Å². The van der Waals surface area contributed by atoms with Gasteiger partial charge in [0, 0.05) is 16.9 Å². The van der Waals surface area contributed by atoms with Gasteiger partial charge in [-0.1, -0.05) is 30.3 Å². The molecule has 0 saturated heterocycles. The highest BCUT2D eigenvalue weighted by Crippen LogP contribution is 2.40. The number of benzene rings is 2. The second kappa shape index (κ2) is 7.67. The lowest BCUT2D eigenvalue weighted by atomic mass is 9.91. The molecule has 0 spiro atoms. The van der Waals surface area contributed by atoms with Gasteiger partial charge >= 0.3 is 18.2 Å². The van der Waals surface area contributed by atoms with Crippen LogP contribution in [0.2, 0.25) is 0 Å². The van der Waals surface area contributed by atoms with Crippen molar-refractivity contribution < 1.29 is 32.6 Å². The van der Waals surface area contributed by atoms with Gasteiger partial charge in [-0.25, -0.2) is 9.59 Å². The Morgan fingerprint density at radius 2 is 1.67 bits per heavy atom. The lowest BCUT2D eigenvalue weighted by Gasteiger charge is -2.28. The first-order chi connectivity index (χ1) is 12.6. The molecule has 0 aliphatic carbocycles. The van der Waals surface area contributed by atoms with Crippen LogP contribution in [0.15, 0.2) is 48.5 Å². The molecular formula is C18H17F3N2O4. The van der Waals surface area contributed by atoms with Crippen LogP contribution in [0, 0.1) is 6.92 Å². The molecule has 0 radical (unpaired) electrons. The van der Waals surface area contributed by atoms with Crippen molar-refractivity contribution in [2.24, 2.45) is 0 Å². The third kappa shape index (κ3) is 4.20. The number of halogens is 3. The molecule has 2 rings (SSSR count). The second-order valence-electron chi connectivity index (χ2n) is 5.67. The Bertz CT molecular complexity index is 840. The van der Waals surface area contributed by atoms with Gasteiger partial charge in [0.25, 0.3) is 5.60 Å². The van der Waals surface area contributed by atoms with E-state index in [1.807, 2.05) is 0 Å². The van der Waals surface area contributed by atoms with E-state index in [9.17, 15) is 27.9 Å². The number of methoxy groups -OCH3 is 1. The lowest BCUT2D eigenvalue weighted by Crippen LogP contribution is -2.49. The summed E-state index contributed by atoms with van der Waals surface area (Å²) in [6, 6.07) is 11.0. The number of para-hydroxylation sites is 1. The molecule has 1 atom stereocenters. The van der Waals surface area contributed by atoms with Crippen molar-refractivity contribution >= 4 is 23.4 Å². The van der Waals surface area contributed by atoms with Gasteiger partial charge in [-0.05, 0) is 30.7 Å². The average Bonchev–Trinajstić information content (AvgIpc) is 2.61. The number of urea groups is 1. The Kier molecular flexibility index (Phi) is 5.75. The molecule has 27 heavy (non-hydrogen) atoms. The fourth-order valence-corrected chi connectivity index (χ4v) is 2.38. The zero-order valence-electron chi connectivity index (χ0n) is 14.4. The lowest BCUT2D eigenvalue weighted by molar-refractivity contribution is -0.266. The van der Waals surface area contributed by atoms with Gasteiger partial charge in [-0.3, -0.25) is 0 Å². The molecule has 0 aromatic heterocycles. The Balaban J connectivity index is 2.26. The van der Waals surface area contributed by atoms with E-state index in [4.69, 9.17) is 0 Å². The topological polar surface area (TPSA) is 87.7 Å². The third-order valence-electron chi connectivity index (χ3n) is 3.82. The molecule has 0 bridgehead atoms. The third-order valence-corrected chi connectivity index (χ3v) is 3.82. The summed E-state index contributed by atoms with van der Waals surface area (Å²) >= 11 is 0. The smallest absolute Gasteiger partial charge is 0.432 e. The Morgan fingerprint density at radius 1 is 1.04 bits per heavy atom. The fraction of sp³-hybridized carbons (Fsp3) is 0.222. The number of amides is 2. The Hall–Kier alpha value is -3.07. The van der Waals surface area contributed by atoms with Crippen molar-refractivity contribution in [3.05, 3.63) is 59.7 Å². The van der Waals surface area contributed by atoms with E-state index in [2.05, 4.69) is 15.4 Å². The molecular weight excluding hydrogens is 365 g/mol. The quantitative estimate of drug-likeness (QED) is 0.706. The number of rotatable bonds is 4. The minimum atomic E-state index is -5.29. The molecule has 9 heteroatoms. The number of hydrogen-bond donors (Lipinski definition) is 3. The van der Waals surface area contributed by atoms with E-state index in [1.54, 1.807) is 30.3 Å². The Labute approximate surface area is 153 Å². The van der Waals surface area contributed by atoms with E-state index in [-0.39, 0.29) is 11.3 Å². The van der Waals surface area contributed by atoms with Gasteiger partial charge in [-0.15, -0.1) is 0 Å². The zero-order chi connectivity index (χ0) is 20.2. The number of ether oxygens (including phenoxy) is 1. The van der Waals surface area contributed by atoms with Gasteiger partial charge in [0.05, 0.1) is 7.11 Å². The van der Waals surface area contributed by atoms with E-state index in [0.717, 1.165) is 25.3 Å². The average molecular weight is 382 g/mol. The van der Waals surface area contributed by atoms with E-state index < -0.39 is 29.3 Å². The van der Waals surface area contributed by atoms with Gasteiger partial charge in [0.15, 0.2) is 0 Å². The first kappa shape index (κ1) is 20.2. The number of carbonyl (C=O) groups excluding carboxylic acids is 2. The van der Waals surface area contributed by atoms with Crippen LogP contribution in [-0.4, -0.2) is 30.4 Å². The normalized spacial score (nSPS) is 13.4. The van der Waals surface area contributed by atoms with Gasteiger partial charge in [-0.2, -0.15) is 13.2 Å². The summed E-state index contributed by atoms with van der Waals surface area (Å²) in [4.78, 5) is 23.6. The number of hydrogen-bond acceptors (Lipinski definition) is 4. The SMILES string of the molecule is COC(=O)[C@@](O)(c1ccc(NC(=O)Nc2ccccc2)c(C)c1)C(F)(F)F. The van der Waals surface area contributed by atoms with Crippen molar-refractivity contribution in [3.63, 3.8) is 0 Å². The fourth-order valence-electron chi connectivity index (χ4n) is 2.38. The predicted molar refractivity (Wildman–Crippen MR) is 92.2 cm³/mol. The van der Waals surface area contributed by atoms with Crippen molar-refractivity contribution in [1.82, 2.24) is 0 Å². The number of alkyl halides is 3. The number of anilines is 2. The number of nitrogens with one attached hydrogen (secondary N) is 2. The molecule has 2 aromatic rings. The van der Waals surface area contributed by atoms with Crippen LogP contribution in [0.5, 0.6) is 0 Å². The molecule has 0 saturated carbocycles. The number of esters is 1. The minimum absolute atomic E-state index is 0.210. The number of carbonyl (C=O) groups is 2. The van der Waals surface area contributed by atoms with Crippen LogP contribution in [0.1, 0.15) is 11.1 Å². The number of aryl methyl sites for hydroxylation is 1. The van der Waals surface area contributed by atoms with Gasteiger partial charge in [0.2, 0.25) is 0 Å². The van der Waals surface area contributed by atoms with E-state index in [0.29, 0.717) is 5.69 Å². The molecule has 0 aliphatic heterocycles. The molecule has 3 N–H and O–H groups in total. The van der Waals surface area contributed by atoms with Crippen LogP contribution in [0.3, 0.4) is 0 Å². The molecule has 2 aromatic carbocycles. The monoisotopic (exact) mass is 382 g/mol. The minimum Gasteiger partial charge on any atom is -0.466 e. The summed E-state index contributed by atoms with van der Waals surface area (Å²) in [5.74, 6) is -1.85.